The average Bonchev–Trinajstić information content (AvgIpc) is 2.69. The van der Waals surface area contributed by atoms with Crippen LogP contribution < -0.4 is 11.3 Å². The number of nitrogens with two attached hydrogens (primary N) is 1. The second-order valence-electron chi connectivity index (χ2n) is 3.71. The van der Waals surface area contributed by atoms with E-state index >= 15 is 0 Å². The van der Waals surface area contributed by atoms with Gasteiger partial charge in [-0.3, -0.25) is 5.84 Å². The van der Waals surface area contributed by atoms with Gasteiger partial charge in [0.05, 0.1) is 6.04 Å². The fourth-order valence-corrected chi connectivity index (χ4v) is 3.90. The molecule has 1 aromatic carbocycles. The van der Waals surface area contributed by atoms with Crippen molar-refractivity contribution in [2.45, 2.75) is 13.0 Å². The predicted molar refractivity (Wildman–Crippen MR) is 80.1 cm³/mol. The fraction of sp³-hybridized carbons (Fsp3) is 0.167. The van der Waals surface area contributed by atoms with Crippen LogP contribution in [-0.2, 0) is 0 Å². The Morgan fingerprint density at radius 2 is 2.00 bits per heavy atom. The van der Waals surface area contributed by atoms with E-state index in [9.17, 15) is 0 Å². The maximum atomic E-state index is 5.68. The minimum atomic E-state index is 0.0242. The van der Waals surface area contributed by atoms with Gasteiger partial charge in [-0.2, -0.15) is 0 Å². The third-order valence-electron chi connectivity index (χ3n) is 2.49. The van der Waals surface area contributed by atoms with E-state index in [1.54, 1.807) is 11.3 Å². The summed E-state index contributed by atoms with van der Waals surface area (Å²) in [6, 6.07) is 10.4. The lowest BCUT2D eigenvalue weighted by molar-refractivity contribution is 0.644. The minimum absolute atomic E-state index is 0.0242. The second kappa shape index (κ2) is 5.63. The van der Waals surface area contributed by atoms with Crippen LogP contribution in [0.3, 0.4) is 0 Å². The van der Waals surface area contributed by atoms with Gasteiger partial charge in [0.2, 0.25) is 0 Å². The third-order valence-corrected chi connectivity index (χ3v) is 4.73. The van der Waals surface area contributed by atoms with Crippen molar-refractivity contribution < 1.29 is 0 Å². The molecule has 0 saturated carbocycles. The molecule has 0 aliphatic heterocycles. The molecule has 1 atom stereocenters. The van der Waals surface area contributed by atoms with Crippen molar-refractivity contribution in [3.63, 3.8) is 0 Å². The largest absolute Gasteiger partial charge is 0.271 e. The summed E-state index contributed by atoms with van der Waals surface area (Å²) in [6.07, 6.45) is 0. The summed E-state index contributed by atoms with van der Waals surface area (Å²) < 4.78 is 2.09. The molecule has 0 aliphatic carbocycles. The minimum Gasteiger partial charge on any atom is -0.271 e. The highest BCUT2D eigenvalue weighted by molar-refractivity contribution is 9.11. The van der Waals surface area contributed by atoms with Crippen LogP contribution >= 0.6 is 43.2 Å². The molecular weight excluding hydrogens is 364 g/mol. The summed E-state index contributed by atoms with van der Waals surface area (Å²) in [5.74, 6) is 5.68. The van der Waals surface area contributed by atoms with Crippen LogP contribution in [0.25, 0.3) is 0 Å². The van der Waals surface area contributed by atoms with Crippen molar-refractivity contribution in [1.29, 1.82) is 0 Å². The molecule has 5 heteroatoms. The molecule has 0 amide bonds. The van der Waals surface area contributed by atoms with Crippen molar-refractivity contribution in [1.82, 2.24) is 5.43 Å². The fourth-order valence-electron chi connectivity index (χ4n) is 1.67. The van der Waals surface area contributed by atoms with Crippen LogP contribution in [-0.4, -0.2) is 0 Å². The Labute approximate surface area is 121 Å². The first-order valence-electron chi connectivity index (χ1n) is 5.09. The molecule has 2 aromatic rings. The highest BCUT2D eigenvalue weighted by Gasteiger charge is 2.16. The molecule has 0 fully saturated rings. The average molecular weight is 376 g/mol. The van der Waals surface area contributed by atoms with E-state index < -0.39 is 0 Å². The SMILES string of the molecule is Cc1ccc(C(NN)c2ccc(Br)cc2Br)s1. The molecule has 1 heterocycles. The van der Waals surface area contributed by atoms with E-state index in [0.717, 1.165) is 14.5 Å². The number of hydrazine groups is 1. The van der Waals surface area contributed by atoms with Crippen molar-refractivity contribution in [3.8, 4) is 0 Å². The zero-order valence-corrected chi connectivity index (χ0v) is 13.2. The van der Waals surface area contributed by atoms with Crippen LogP contribution in [0.15, 0.2) is 39.3 Å². The summed E-state index contributed by atoms with van der Waals surface area (Å²) in [7, 11) is 0. The molecule has 0 aliphatic rings. The smallest absolute Gasteiger partial charge is 0.0813 e. The van der Waals surface area contributed by atoms with Gasteiger partial charge in [-0.05, 0) is 36.8 Å². The van der Waals surface area contributed by atoms with Gasteiger partial charge in [0.15, 0.2) is 0 Å². The first-order chi connectivity index (χ1) is 8.11. The van der Waals surface area contributed by atoms with E-state index in [4.69, 9.17) is 5.84 Å². The standard InChI is InChI=1S/C12H12Br2N2S/c1-7-2-5-11(17-7)12(16-15)9-4-3-8(13)6-10(9)14/h2-6,12,16H,15H2,1H3. The molecular formula is C12H12Br2N2S. The van der Waals surface area contributed by atoms with E-state index in [-0.39, 0.29) is 6.04 Å². The molecule has 2 rings (SSSR count). The molecule has 0 saturated heterocycles. The van der Waals surface area contributed by atoms with Crippen LogP contribution in [0.1, 0.15) is 21.4 Å². The van der Waals surface area contributed by atoms with Crippen LogP contribution in [0.5, 0.6) is 0 Å². The maximum Gasteiger partial charge on any atom is 0.0813 e. The quantitative estimate of drug-likeness (QED) is 0.625. The Morgan fingerprint density at radius 1 is 1.24 bits per heavy atom. The number of hydrogen-bond donors (Lipinski definition) is 2. The Hall–Kier alpha value is -0.200. The second-order valence-corrected chi connectivity index (χ2v) is 6.80. The zero-order chi connectivity index (χ0) is 12.4. The summed E-state index contributed by atoms with van der Waals surface area (Å²) in [6.45, 7) is 2.10. The van der Waals surface area contributed by atoms with Gasteiger partial charge in [0, 0.05) is 18.7 Å². The van der Waals surface area contributed by atoms with E-state index in [1.165, 1.54) is 9.75 Å². The normalized spacial score (nSPS) is 12.7. The highest BCUT2D eigenvalue weighted by atomic mass is 79.9. The predicted octanol–water partition coefficient (Wildman–Crippen LogP) is 4.13. The van der Waals surface area contributed by atoms with Crippen LogP contribution in [0.2, 0.25) is 0 Å². The van der Waals surface area contributed by atoms with Gasteiger partial charge in [-0.15, -0.1) is 11.3 Å². The number of nitrogens with one attached hydrogen (secondary N) is 1. The molecule has 17 heavy (non-hydrogen) atoms. The molecule has 0 spiro atoms. The molecule has 1 unspecified atom stereocenters. The lowest BCUT2D eigenvalue weighted by Gasteiger charge is -2.16. The summed E-state index contributed by atoms with van der Waals surface area (Å²) in [4.78, 5) is 2.50. The van der Waals surface area contributed by atoms with Gasteiger partial charge in [-0.25, -0.2) is 5.43 Å². The zero-order valence-electron chi connectivity index (χ0n) is 9.21. The lowest BCUT2D eigenvalue weighted by Crippen LogP contribution is -2.28. The van der Waals surface area contributed by atoms with E-state index in [0.29, 0.717) is 0 Å². The monoisotopic (exact) mass is 374 g/mol. The van der Waals surface area contributed by atoms with Crippen molar-refractivity contribution in [2.24, 2.45) is 5.84 Å². The Balaban J connectivity index is 2.42. The number of halogens is 2. The molecule has 0 bridgehead atoms. The number of rotatable bonds is 3. The maximum absolute atomic E-state index is 5.68. The topological polar surface area (TPSA) is 38.0 Å². The number of benzene rings is 1. The third kappa shape index (κ3) is 2.98. The highest BCUT2D eigenvalue weighted by Crippen LogP contribution is 2.33. The Kier molecular flexibility index (Phi) is 4.38. The number of aryl methyl sites for hydroxylation is 1. The number of thiophene rings is 1. The Bertz CT molecular complexity index is 525. The van der Waals surface area contributed by atoms with Gasteiger partial charge < -0.3 is 0 Å². The first-order valence-corrected chi connectivity index (χ1v) is 7.49. The van der Waals surface area contributed by atoms with E-state index in [2.05, 4.69) is 62.4 Å². The molecule has 3 N–H and O–H groups in total. The van der Waals surface area contributed by atoms with Crippen LogP contribution in [0, 0.1) is 6.92 Å². The molecule has 0 radical (unpaired) electrons. The Morgan fingerprint density at radius 3 is 2.53 bits per heavy atom. The summed E-state index contributed by atoms with van der Waals surface area (Å²) in [5, 5.41) is 0. The molecule has 2 nitrogen and oxygen atoms in total. The van der Waals surface area contributed by atoms with Gasteiger partial charge in [0.1, 0.15) is 0 Å². The van der Waals surface area contributed by atoms with E-state index in [1.807, 2.05) is 12.1 Å². The molecule has 1 aromatic heterocycles. The van der Waals surface area contributed by atoms with Crippen molar-refractivity contribution >= 4 is 43.2 Å². The lowest BCUT2D eigenvalue weighted by atomic mass is 10.1. The van der Waals surface area contributed by atoms with Gasteiger partial charge in [0.25, 0.3) is 0 Å². The summed E-state index contributed by atoms with van der Waals surface area (Å²) >= 11 is 8.77. The van der Waals surface area contributed by atoms with Crippen molar-refractivity contribution in [2.75, 3.05) is 0 Å². The van der Waals surface area contributed by atoms with Crippen LogP contribution in [0.4, 0.5) is 0 Å². The number of hydrogen-bond acceptors (Lipinski definition) is 3. The first kappa shape index (κ1) is 13.2. The summed E-state index contributed by atoms with van der Waals surface area (Å²) in [5.41, 5.74) is 4.01. The van der Waals surface area contributed by atoms with Crippen molar-refractivity contribution in [3.05, 3.63) is 54.6 Å². The van der Waals surface area contributed by atoms with Gasteiger partial charge >= 0.3 is 0 Å². The molecule has 90 valence electrons. The van der Waals surface area contributed by atoms with Gasteiger partial charge in [-0.1, -0.05) is 37.9 Å².